The van der Waals surface area contributed by atoms with Crippen molar-refractivity contribution in [3.8, 4) is 0 Å². The maximum Gasteiger partial charge on any atom is 0.409 e. The van der Waals surface area contributed by atoms with E-state index in [0.717, 1.165) is 11.4 Å². The highest BCUT2D eigenvalue weighted by Gasteiger charge is 2.21. The molecule has 0 bridgehead atoms. The Morgan fingerprint density at radius 2 is 2.55 bits per heavy atom. The number of amides is 1. The van der Waals surface area contributed by atoms with Gasteiger partial charge < -0.3 is 15.2 Å². The molecule has 0 saturated carbocycles. The maximum atomic E-state index is 10.4. The van der Waals surface area contributed by atoms with E-state index in [4.69, 9.17) is 9.84 Å². The van der Waals surface area contributed by atoms with E-state index in [-0.39, 0.29) is 6.23 Å². The Morgan fingerprint density at radius 3 is 3.00 bits per heavy atom. The molecule has 5 heteroatoms. The first-order valence-corrected chi connectivity index (χ1v) is 3.50. The smallest absolute Gasteiger partial charge is 0.409 e. The van der Waals surface area contributed by atoms with Crippen molar-refractivity contribution in [3.05, 3.63) is 0 Å². The van der Waals surface area contributed by atoms with Gasteiger partial charge in [-0.1, -0.05) is 0 Å². The molecule has 1 rings (SSSR count). The van der Waals surface area contributed by atoms with Gasteiger partial charge in [-0.15, -0.1) is 0 Å². The highest BCUT2D eigenvalue weighted by Crippen LogP contribution is 2.00. The van der Waals surface area contributed by atoms with E-state index < -0.39 is 6.09 Å². The Balaban J connectivity index is 2.38. The van der Waals surface area contributed by atoms with E-state index in [0.29, 0.717) is 13.2 Å². The van der Waals surface area contributed by atoms with Crippen molar-refractivity contribution >= 4 is 6.09 Å². The van der Waals surface area contributed by atoms with Crippen molar-refractivity contribution < 1.29 is 14.6 Å². The average Bonchev–Trinajstić information content (AvgIpc) is 2.05. The van der Waals surface area contributed by atoms with Crippen molar-refractivity contribution in [2.75, 3.05) is 26.7 Å². The van der Waals surface area contributed by atoms with Gasteiger partial charge in [-0.3, -0.25) is 4.90 Å². The molecule has 0 aromatic carbocycles. The second-order valence-corrected chi connectivity index (χ2v) is 2.42. The Kier molecular flexibility index (Phi) is 2.67. The third kappa shape index (κ3) is 2.06. The Bertz CT molecular complexity index is 145. The number of nitrogens with zero attached hydrogens (tertiary/aromatic N) is 1. The molecule has 1 aliphatic heterocycles. The summed E-state index contributed by atoms with van der Waals surface area (Å²) < 4.78 is 5.18. The summed E-state index contributed by atoms with van der Waals surface area (Å²) in [5.41, 5.74) is 0. The quantitative estimate of drug-likeness (QED) is 0.545. The van der Waals surface area contributed by atoms with Crippen LogP contribution in [0.4, 0.5) is 4.79 Å². The number of hydrogen-bond donors (Lipinski definition) is 2. The van der Waals surface area contributed by atoms with Gasteiger partial charge in [0.05, 0.1) is 6.61 Å². The molecule has 0 spiro atoms. The molecule has 0 aromatic heterocycles. The largest absolute Gasteiger partial charge is 0.465 e. The molecule has 0 unspecified atom stereocenters. The summed E-state index contributed by atoms with van der Waals surface area (Å²) in [5.74, 6) is 0. The van der Waals surface area contributed by atoms with Crippen LogP contribution in [0.1, 0.15) is 0 Å². The topological polar surface area (TPSA) is 61.8 Å². The van der Waals surface area contributed by atoms with Crippen molar-refractivity contribution in [1.29, 1.82) is 0 Å². The van der Waals surface area contributed by atoms with Crippen LogP contribution in [0, 0.1) is 0 Å². The molecule has 1 aliphatic rings. The number of morpholine rings is 1. The van der Waals surface area contributed by atoms with Crippen LogP contribution in [-0.2, 0) is 4.74 Å². The second-order valence-electron chi connectivity index (χ2n) is 2.42. The minimum Gasteiger partial charge on any atom is -0.465 e. The minimum atomic E-state index is -0.960. The highest BCUT2D eigenvalue weighted by atomic mass is 16.5. The van der Waals surface area contributed by atoms with Crippen molar-refractivity contribution in [2.45, 2.75) is 6.23 Å². The molecule has 0 aliphatic carbocycles. The van der Waals surface area contributed by atoms with E-state index in [9.17, 15) is 4.79 Å². The van der Waals surface area contributed by atoms with Crippen LogP contribution >= 0.6 is 0 Å². The predicted molar refractivity (Wildman–Crippen MR) is 38.4 cm³/mol. The van der Waals surface area contributed by atoms with E-state index in [1.807, 2.05) is 0 Å². The van der Waals surface area contributed by atoms with Gasteiger partial charge in [0.2, 0.25) is 0 Å². The zero-order valence-electron chi connectivity index (χ0n) is 6.41. The zero-order valence-corrected chi connectivity index (χ0v) is 6.41. The lowest BCUT2D eigenvalue weighted by Gasteiger charge is -2.29. The number of nitrogens with one attached hydrogen (secondary N) is 1. The van der Waals surface area contributed by atoms with Crippen LogP contribution in [-0.4, -0.2) is 49.1 Å². The standard InChI is InChI=1S/C6H12N2O3/c1-8(6(9)10)5-4-7-2-3-11-5/h5,7H,2-4H2,1H3,(H,9,10)/t5-/m1/s1. The SMILES string of the molecule is CN(C(=O)O)[C@H]1CNCCO1. The summed E-state index contributed by atoms with van der Waals surface area (Å²) in [6, 6.07) is 0. The molecule has 64 valence electrons. The highest BCUT2D eigenvalue weighted by molar-refractivity contribution is 5.64. The fourth-order valence-corrected chi connectivity index (χ4v) is 0.924. The summed E-state index contributed by atoms with van der Waals surface area (Å²) in [5, 5.41) is 11.6. The number of ether oxygens (including phenoxy) is 1. The van der Waals surface area contributed by atoms with Gasteiger partial charge in [0.1, 0.15) is 6.23 Å². The molecule has 1 saturated heterocycles. The summed E-state index contributed by atoms with van der Waals surface area (Å²) >= 11 is 0. The Labute approximate surface area is 64.9 Å². The van der Waals surface area contributed by atoms with Crippen LogP contribution in [0.25, 0.3) is 0 Å². The van der Waals surface area contributed by atoms with Crippen LogP contribution in [0.15, 0.2) is 0 Å². The van der Waals surface area contributed by atoms with Crippen LogP contribution < -0.4 is 5.32 Å². The molecule has 0 radical (unpaired) electrons. The van der Waals surface area contributed by atoms with Crippen LogP contribution in [0.3, 0.4) is 0 Å². The summed E-state index contributed by atoms with van der Waals surface area (Å²) in [6.45, 7) is 1.94. The van der Waals surface area contributed by atoms with Gasteiger partial charge in [0.15, 0.2) is 0 Å². The molecule has 1 fully saturated rings. The van der Waals surface area contributed by atoms with Gasteiger partial charge in [0.25, 0.3) is 0 Å². The fourth-order valence-electron chi connectivity index (χ4n) is 0.924. The average molecular weight is 160 g/mol. The molecular weight excluding hydrogens is 148 g/mol. The molecule has 5 nitrogen and oxygen atoms in total. The molecule has 1 heterocycles. The van der Waals surface area contributed by atoms with E-state index in [2.05, 4.69) is 5.32 Å². The molecule has 2 N–H and O–H groups in total. The van der Waals surface area contributed by atoms with Crippen LogP contribution in [0.2, 0.25) is 0 Å². The predicted octanol–water partition coefficient (Wildman–Crippen LogP) is -0.458. The molecular formula is C6H12N2O3. The molecule has 11 heavy (non-hydrogen) atoms. The third-order valence-electron chi connectivity index (χ3n) is 1.64. The zero-order chi connectivity index (χ0) is 8.27. The summed E-state index contributed by atoms with van der Waals surface area (Å²) in [7, 11) is 1.50. The third-order valence-corrected chi connectivity index (χ3v) is 1.64. The van der Waals surface area contributed by atoms with Gasteiger partial charge in [-0.05, 0) is 0 Å². The number of rotatable bonds is 1. The van der Waals surface area contributed by atoms with Gasteiger partial charge in [-0.25, -0.2) is 4.79 Å². The Morgan fingerprint density at radius 1 is 1.82 bits per heavy atom. The van der Waals surface area contributed by atoms with E-state index in [1.54, 1.807) is 0 Å². The van der Waals surface area contributed by atoms with E-state index in [1.165, 1.54) is 7.05 Å². The number of carboxylic acid groups (broad SMARTS) is 1. The minimum absolute atomic E-state index is 0.332. The molecule has 1 atom stereocenters. The second kappa shape index (κ2) is 3.54. The number of carbonyl (C=O) groups is 1. The van der Waals surface area contributed by atoms with Crippen molar-refractivity contribution in [1.82, 2.24) is 10.2 Å². The monoisotopic (exact) mass is 160 g/mol. The van der Waals surface area contributed by atoms with Gasteiger partial charge in [-0.2, -0.15) is 0 Å². The van der Waals surface area contributed by atoms with Gasteiger partial charge >= 0.3 is 6.09 Å². The van der Waals surface area contributed by atoms with Crippen molar-refractivity contribution in [3.63, 3.8) is 0 Å². The van der Waals surface area contributed by atoms with Gasteiger partial charge in [0, 0.05) is 20.1 Å². The number of likely N-dealkylation sites (N-methyl/N-ethyl adjacent to an activating group) is 1. The van der Waals surface area contributed by atoms with Crippen molar-refractivity contribution in [2.24, 2.45) is 0 Å². The van der Waals surface area contributed by atoms with Crippen LogP contribution in [0.5, 0.6) is 0 Å². The first-order chi connectivity index (χ1) is 5.22. The Hall–Kier alpha value is -0.810. The molecule has 0 aromatic rings. The lowest BCUT2D eigenvalue weighted by Crippen LogP contribution is -2.49. The normalized spacial score (nSPS) is 24.6. The number of hydrogen-bond acceptors (Lipinski definition) is 3. The van der Waals surface area contributed by atoms with E-state index >= 15 is 0 Å². The maximum absolute atomic E-state index is 10.4. The lowest BCUT2D eigenvalue weighted by molar-refractivity contribution is -0.0532. The first kappa shape index (κ1) is 8.29. The fraction of sp³-hybridized carbons (Fsp3) is 0.833. The summed E-state index contributed by atoms with van der Waals surface area (Å²) in [4.78, 5) is 11.6. The lowest BCUT2D eigenvalue weighted by atomic mass is 10.4. The molecule has 1 amide bonds. The summed E-state index contributed by atoms with van der Waals surface area (Å²) in [6.07, 6.45) is -1.29. The first-order valence-electron chi connectivity index (χ1n) is 3.50.